The molecule has 0 radical (unpaired) electrons. The monoisotopic (exact) mass is 346 g/mol. The number of hydrogen-bond acceptors (Lipinski definition) is 2. The molecule has 2 aromatic rings. The molecule has 2 N–H and O–H groups in total. The van der Waals surface area contributed by atoms with Gasteiger partial charge in [-0.1, -0.05) is 59.3 Å². The lowest BCUT2D eigenvalue weighted by molar-refractivity contribution is 0.319. The highest BCUT2D eigenvalue weighted by Crippen LogP contribution is 2.16. The molecule has 0 bridgehead atoms. The predicted molar refractivity (Wildman–Crippen MR) is 93.2 cm³/mol. The molecule has 2 aromatic carbocycles. The summed E-state index contributed by atoms with van der Waals surface area (Å²) >= 11 is 3.47. The minimum atomic E-state index is 0.430. The van der Waals surface area contributed by atoms with Crippen molar-refractivity contribution >= 4 is 15.9 Å². The molecular formula is C18H23BrN2. The molecule has 0 saturated carbocycles. The van der Waals surface area contributed by atoms with Gasteiger partial charge in [0.15, 0.2) is 0 Å². The van der Waals surface area contributed by atoms with Crippen molar-refractivity contribution in [3.63, 3.8) is 0 Å². The molecule has 0 aliphatic carbocycles. The fourth-order valence-electron chi connectivity index (χ4n) is 2.36. The molecule has 3 heteroatoms. The van der Waals surface area contributed by atoms with Gasteiger partial charge >= 0.3 is 0 Å². The van der Waals surface area contributed by atoms with Crippen molar-refractivity contribution in [3.8, 4) is 0 Å². The van der Waals surface area contributed by atoms with Crippen LogP contribution in [0.4, 0.5) is 0 Å². The zero-order valence-electron chi connectivity index (χ0n) is 12.7. The van der Waals surface area contributed by atoms with E-state index in [2.05, 4.69) is 83.3 Å². The van der Waals surface area contributed by atoms with Crippen LogP contribution in [0, 0.1) is 0 Å². The molecule has 21 heavy (non-hydrogen) atoms. The third kappa shape index (κ3) is 4.95. The number of rotatable bonds is 6. The third-order valence-electron chi connectivity index (χ3n) is 3.72. The predicted octanol–water partition coefficient (Wildman–Crippen LogP) is 4.14. The summed E-state index contributed by atoms with van der Waals surface area (Å²) in [7, 11) is 2.15. The maximum atomic E-state index is 5.71. The van der Waals surface area contributed by atoms with E-state index in [0.29, 0.717) is 12.5 Å². The van der Waals surface area contributed by atoms with Crippen LogP contribution in [0.5, 0.6) is 0 Å². The first-order valence-electron chi connectivity index (χ1n) is 7.30. The van der Waals surface area contributed by atoms with Crippen molar-refractivity contribution in [2.45, 2.75) is 25.9 Å². The van der Waals surface area contributed by atoms with Crippen LogP contribution in [0.2, 0.25) is 0 Å². The molecule has 1 unspecified atom stereocenters. The second-order valence-electron chi connectivity index (χ2n) is 5.68. The molecule has 2 rings (SSSR count). The van der Waals surface area contributed by atoms with Crippen molar-refractivity contribution < 1.29 is 0 Å². The Morgan fingerprint density at radius 2 is 1.43 bits per heavy atom. The Bertz CT molecular complexity index is 548. The van der Waals surface area contributed by atoms with Crippen molar-refractivity contribution in [2.75, 3.05) is 13.6 Å². The fraction of sp³-hybridized carbons (Fsp3) is 0.333. The highest BCUT2D eigenvalue weighted by atomic mass is 79.9. The third-order valence-corrected chi connectivity index (χ3v) is 4.25. The van der Waals surface area contributed by atoms with E-state index in [1.807, 2.05) is 0 Å². The molecule has 0 aromatic heterocycles. The Morgan fingerprint density at radius 1 is 0.952 bits per heavy atom. The Balaban J connectivity index is 1.93. The van der Waals surface area contributed by atoms with Gasteiger partial charge in [-0.15, -0.1) is 0 Å². The lowest BCUT2D eigenvalue weighted by Crippen LogP contribution is -2.17. The normalized spacial score (nSPS) is 12.6. The van der Waals surface area contributed by atoms with Crippen molar-refractivity contribution in [1.82, 2.24) is 4.90 Å². The number of halogens is 1. The first kappa shape index (κ1) is 16.2. The van der Waals surface area contributed by atoms with Crippen molar-refractivity contribution in [3.05, 3.63) is 69.7 Å². The lowest BCUT2D eigenvalue weighted by atomic mass is 10.00. The van der Waals surface area contributed by atoms with Crippen LogP contribution in [0.15, 0.2) is 53.0 Å². The van der Waals surface area contributed by atoms with Crippen molar-refractivity contribution in [2.24, 2.45) is 5.73 Å². The standard InChI is InChI=1S/C18H23BrN2/c1-14(11-20)17-7-3-15(4-8-17)12-21(2)13-16-5-9-18(19)10-6-16/h3-10,14H,11-13,20H2,1-2H3. The molecule has 112 valence electrons. The smallest absolute Gasteiger partial charge is 0.0234 e. The largest absolute Gasteiger partial charge is 0.330 e. The molecule has 0 heterocycles. The molecule has 0 spiro atoms. The van der Waals surface area contributed by atoms with Crippen LogP contribution in [0.3, 0.4) is 0 Å². The van der Waals surface area contributed by atoms with Crippen molar-refractivity contribution in [1.29, 1.82) is 0 Å². The van der Waals surface area contributed by atoms with Crippen LogP contribution in [0.1, 0.15) is 29.5 Å². The maximum Gasteiger partial charge on any atom is 0.0234 e. The Kier molecular flexibility index (Phi) is 5.97. The SMILES string of the molecule is CC(CN)c1ccc(CN(C)Cc2ccc(Br)cc2)cc1. The first-order valence-corrected chi connectivity index (χ1v) is 8.09. The van der Waals surface area contributed by atoms with E-state index in [9.17, 15) is 0 Å². The van der Waals surface area contributed by atoms with Gasteiger partial charge < -0.3 is 5.73 Å². The molecule has 0 saturated heterocycles. The molecule has 1 atom stereocenters. The summed E-state index contributed by atoms with van der Waals surface area (Å²) in [5.74, 6) is 0.430. The van der Waals surface area contributed by atoms with Crippen LogP contribution in [0.25, 0.3) is 0 Å². The van der Waals surface area contributed by atoms with E-state index >= 15 is 0 Å². The van der Waals surface area contributed by atoms with Gasteiger partial charge in [-0.25, -0.2) is 0 Å². The summed E-state index contributed by atoms with van der Waals surface area (Å²) in [5.41, 5.74) is 9.69. The van der Waals surface area contributed by atoms with E-state index < -0.39 is 0 Å². The first-order chi connectivity index (χ1) is 10.1. The number of hydrogen-bond donors (Lipinski definition) is 1. The van der Waals surface area contributed by atoms with E-state index in [0.717, 1.165) is 17.6 Å². The van der Waals surface area contributed by atoms with Gasteiger partial charge in [0, 0.05) is 17.6 Å². The topological polar surface area (TPSA) is 29.3 Å². The summed E-state index contributed by atoms with van der Waals surface area (Å²) in [5, 5.41) is 0. The number of nitrogens with zero attached hydrogens (tertiary/aromatic N) is 1. The van der Waals surface area contributed by atoms with E-state index in [4.69, 9.17) is 5.73 Å². The second kappa shape index (κ2) is 7.74. The van der Waals surface area contributed by atoms with Gasteiger partial charge in [0.05, 0.1) is 0 Å². The summed E-state index contributed by atoms with van der Waals surface area (Å²) in [6.07, 6.45) is 0. The van der Waals surface area contributed by atoms with Gasteiger partial charge in [-0.05, 0) is 48.3 Å². The number of benzene rings is 2. The van der Waals surface area contributed by atoms with E-state index in [-0.39, 0.29) is 0 Å². The lowest BCUT2D eigenvalue weighted by Gasteiger charge is -2.17. The van der Waals surface area contributed by atoms with Crippen LogP contribution < -0.4 is 5.73 Å². The number of nitrogens with two attached hydrogens (primary N) is 1. The second-order valence-corrected chi connectivity index (χ2v) is 6.59. The molecule has 2 nitrogen and oxygen atoms in total. The van der Waals surface area contributed by atoms with Gasteiger partial charge in [0.25, 0.3) is 0 Å². The summed E-state index contributed by atoms with van der Waals surface area (Å²) in [6, 6.07) is 17.3. The minimum absolute atomic E-state index is 0.430. The Hall–Kier alpha value is -1.16. The van der Waals surface area contributed by atoms with Crippen LogP contribution >= 0.6 is 15.9 Å². The summed E-state index contributed by atoms with van der Waals surface area (Å²) < 4.78 is 1.12. The van der Waals surface area contributed by atoms with Gasteiger partial charge in [-0.2, -0.15) is 0 Å². The van der Waals surface area contributed by atoms with Gasteiger partial charge in [0.1, 0.15) is 0 Å². The van der Waals surface area contributed by atoms with Crippen LogP contribution in [-0.2, 0) is 13.1 Å². The van der Waals surface area contributed by atoms with E-state index in [1.54, 1.807) is 0 Å². The fourth-order valence-corrected chi connectivity index (χ4v) is 2.62. The zero-order chi connectivity index (χ0) is 15.2. The van der Waals surface area contributed by atoms with Gasteiger partial charge in [0.2, 0.25) is 0 Å². The molecule has 0 amide bonds. The zero-order valence-corrected chi connectivity index (χ0v) is 14.3. The molecular weight excluding hydrogens is 324 g/mol. The average molecular weight is 347 g/mol. The maximum absolute atomic E-state index is 5.71. The molecule has 0 aliphatic rings. The Labute approximate surface area is 136 Å². The summed E-state index contributed by atoms with van der Waals surface area (Å²) in [4.78, 5) is 2.32. The van der Waals surface area contributed by atoms with Gasteiger partial charge in [-0.3, -0.25) is 4.90 Å². The quantitative estimate of drug-likeness (QED) is 0.851. The van der Waals surface area contributed by atoms with Crippen LogP contribution in [-0.4, -0.2) is 18.5 Å². The van der Waals surface area contributed by atoms with E-state index in [1.165, 1.54) is 16.7 Å². The minimum Gasteiger partial charge on any atom is -0.330 e. The molecule has 0 aliphatic heterocycles. The molecule has 0 fully saturated rings. The summed E-state index contributed by atoms with van der Waals surface area (Å²) in [6.45, 7) is 4.76. The highest BCUT2D eigenvalue weighted by molar-refractivity contribution is 9.10. The highest BCUT2D eigenvalue weighted by Gasteiger charge is 2.05. The average Bonchev–Trinajstić information content (AvgIpc) is 2.49. The Morgan fingerprint density at radius 3 is 1.90 bits per heavy atom.